The fourth-order valence-corrected chi connectivity index (χ4v) is 3.28. The number of carbonyl (C=O) groups excluding carboxylic acids is 3. The minimum atomic E-state index is -0.904. The van der Waals surface area contributed by atoms with Crippen molar-refractivity contribution in [2.45, 2.75) is 13.0 Å². The molecule has 3 aromatic rings. The third kappa shape index (κ3) is 4.17. The molecular weight excluding hydrogens is 424 g/mol. The van der Waals surface area contributed by atoms with Crippen LogP contribution >= 0.6 is 0 Å². The van der Waals surface area contributed by atoms with Crippen LogP contribution in [0.2, 0.25) is 0 Å². The van der Waals surface area contributed by atoms with E-state index in [9.17, 15) is 23.2 Å². The molecule has 1 N–H and O–H groups in total. The van der Waals surface area contributed by atoms with Crippen molar-refractivity contribution in [1.29, 1.82) is 0 Å². The summed E-state index contributed by atoms with van der Waals surface area (Å²) in [6, 6.07) is 3.62. The van der Waals surface area contributed by atoms with Gasteiger partial charge in [-0.2, -0.15) is 0 Å². The van der Waals surface area contributed by atoms with Gasteiger partial charge in [-0.15, -0.1) is 0 Å². The lowest BCUT2D eigenvalue weighted by atomic mass is 10.1. The zero-order valence-corrected chi connectivity index (χ0v) is 16.8. The first kappa shape index (κ1) is 21.1. The molecule has 0 bridgehead atoms. The summed E-state index contributed by atoms with van der Waals surface area (Å²) in [7, 11) is 0. The van der Waals surface area contributed by atoms with Crippen LogP contribution in [0.4, 0.5) is 19.3 Å². The molecule has 4 rings (SSSR count). The molecule has 0 radical (unpaired) electrons. The van der Waals surface area contributed by atoms with E-state index in [0.717, 1.165) is 17.0 Å². The van der Waals surface area contributed by atoms with E-state index >= 15 is 0 Å². The first-order chi connectivity index (χ1) is 15.4. The normalized spacial score (nSPS) is 15.5. The molecule has 3 heterocycles. The summed E-state index contributed by atoms with van der Waals surface area (Å²) in [5.41, 5.74) is 0.185. The van der Waals surface area contributed by atoms with Gasteiger partial charge in [0.15, 0.2) is 6.29 Å². The SMILES string of the molecule is CC(=O)NC[C@H]1CN(c2cc(F)c(-c3cnc(-n4ccc(C=O)c4)nc3)c(F)c2)C(=O)O1. The lowest BCUT2D eigenvalue weighted by molar-refractivity contribution is -0.119. The van der Waals surface area contributed by atoms with E-state index in [0.29, 0.717) is 11.8 Å². The number of carbonyl (C=O) groups is 3. The first-order valence-corrected chi connectivity index (χ1v) is 9.53. The molecular formula is C21H17F2N5O4. The topological polar surface area (TPSA) is 106 Å². The Kier molecular flexibility index (Phi) is 5.63. The predicted molar refractivity (Wildman–Crippen MR) is 108 cm³/mol. The van der Waals surface area contributed by atoms with Crippen LogP contribution < -0.4 is 10.2 Å². The molecule has 1 aromatic carbocycles. The Morgan fingerprint density at radius 2 is 1.97 bits per heavy atom. The standard InChI is InChI=1S/C21H17F2N5O4/c1-12(30)24-8-16-10-28(21(31)32-16)15-4-17(22)19(18(23)5-15)14-6-25-20(26-7-14)27-3-2-13(9-27)11-29/h2-7,9,11,16H,8,10H2,1H3,(H,24,30)/t16-/m0/s1. The smallest absolute Gasteiger partial charge is 0.414 e. The average molecular weight is 441 g/mol. The van der Waals surface area contributed by atoms with Crippen LogP contribution in [0.5, 0.6) is 0 Å². The van der Waals surface area contributed by atoms with Crippen LogP contribution in [0.3, 0.4) is 0 Å². The van der Waals surface area contributed by atoms with Crippen molar-refractivity contribution < 1.29 is 27.9 Å². The number of hydrogen-bond acceptors (Lipinski definition) is 6. The van der Waals surface area contributed by atoms with Gasteiger partial charge in [0.05, 0.1) is 24.3 Å². The van der Waals surface area contributed by atoms with Crippen LogP contribution in [0.1, 0.15) is 17.3 Å². The summed E-state index contributed by atoms with van der Waals surface area (Å²) in [5.74, 6) is -1.86. The molecule has 1 saturated heterocycles. The number of aromatic nitrogens is 3. The number of rotatable bonds is 6. The number of anilines is 1. The molecule has 1 aliphatic rings. The van der Waals surface area contributed by atoms with Gasteiger partial charge in [-0.1, -0.05) is 0 Å². The van der Waals surface area contributed by atoms with E-state index in [-0.39, 0.29) is 41.8 Å². The van der Waals surface area contributed by atoms with E-state index in [1.165, 1.54) is 30.1 Å². The van der Waals surface area contributed by atoms with Crippen LogP contribution in [0, 0.1) is 11.6 Å². The fourth-order valence-electron chi connectivity index (χ4n) is 3.28. The van der Waals surface area contributed by atoms with Gasteiger partial charge in [-0.3, -0.25) is 19.1 Å². The Balaban J connectivity index is 1.56. The second-order valence-electron chi connectivity index (χ2n) is 7.08. The summed E-state index contributed by atoms with van der Waals surface area (Å²) in [4.78, 5) is 43.2. The molecule has 164 valence electrons. The molecule has 32 heavy (non-hydrogen) atoms. The number of cyclic esters (lactones) is 1. The molecule has 0 spiro atoms. The minimum absolute atomic E-state index is 0.00894. The largest absolute Gasteiger partial charge is 0.442 e. The third-order valence-electron chi connectivity index (χ3n) is 4.80. The number of halogens is 2. The van der Waals surface area contributed by atoms with Gasteiger partial charge in [0.1, 0.15) is 17.7 Å². The van der Waals surface area contributed by atoms with E-state index in [1.807, 2.05) is 0 Å². The summed E-state index contributed by atoms with van der Waals surface area (Å²) >= 11 is 0. The maximum Gasteiger partial charge on any atom is 0.414 e. The lowest BCUT2D eigenvalue weighted by Crippen LogP contribution is -2.33. The molecule has 0 aliphatic carbocycles. The van der Waals surface area contributed by atoms with Crippen molar-refractivity contribution in [2.24, 2.45) is 0 Å². The van der Waals surface area contributed by atoms with E-state index in [2.05, 4.69) is 15.3 Å². The highest BCUT2D eigenvalue weighted by Crippen LogP contribution is 2.31. The molecule has 11 heteroatoms. The number of benzene rings is 1. The molecule has 1 fully saturated rings. The number of hydrogen-bond donors (Lipinski definition) is 1. The highest BCUT2D eigenvalue weighted by molar-refractivity contribution is 5.90. The van der Waals surface area contributed by atoms with Crippen LogP contribution in [-0.2, 0) is 9.53 Å². The Labute approximate surface area is 180 Å². The van der Waals surface area contributed by atoms with Crippen molar-refractivity contribution >= 4 is 24.0 Å². The minimum Gasteiger partial charge on any atom is -0.442 e. The molecule has 2 aromatic heterocycles. The van der Waals surface area contributed by atoms with Gasteiger partial charge < -0.3 is 10.1 Å². The Bertz CT molecular complexity index is 1170. The number of nitrogens with one attached hydrogen (secondary N) is 1. The fraction of sp³-hybridized carbons (Fsp3) is 0.190. The van der Waals surface area contributed by atoms with Crippen molar-refractivity contribution in [3.8, 4) is 17.1 Å². The highest BCUT2D eigenvalue weighted by atomic mass is 19.1. The van der Waals surface area contributed by atoms with Gasteiger partial charge in [-0.25, -0.2) is 23.5 Å². The molecule has 9 nitrogen and oxygen atoms in total. The van der Waals surface area contributed by atoms with Gasteiger partial charge in [0.2, 0.25) is 11.9 Å². The van der Waals surface area contributed by atoms with E-state index in [1.54, 1.807) is 12.3 Å². The number of nitrogens with zero attached hydrogens (tertiary/aromatic N) is 4. The number of amides is 2. The summed E-state index contributed by atoms with van der Waals surface area (Å²) < 4.78 is 36.3. The quantitative estimate of drug-likeness (QED) is 0.589. The van der Waals surface area contributed by atoms with Gasteiger partial charge in [-0.05, 0) is 18.2 Å². The van der Waals surface area contributed by atoms with Crippen LogP contribution in [-0.4, -0.2) is 52.0 Å². The predicted octanol–water partition coefficient (Wildman–Crippen LogP) is 2.49. The summed E-state index contributed by atoms with van der Waals surface area (Å²) in [5, 5.41) is 2.53. The second-order valence-corrected chi connectivity index (χ2v) is 7.08. The highest BCUT2D eigenvalue weighted by Gasteiger charge is 2.33. The van der Waals surface area contributed by atoms with Crippen molar-refractivity contribution in [3.63, 3.8) is 0 Å². The number of ether oxygens (including phenoxy) is 1. The zero-order valence-electron chi connectivity index (χ0n) is 16.8. The summed E-state index contributed by atoms with van der Waals surface area (Å²) in [6.45, 7) is 1.46. The first-order valence-electron chi connectivity index (χ1n) is 9.53. The maximum atomic E-state index is 14.8. The number of aldehydes is 1. The molecule has 0 saturated carbocycles. The van der Waals surface area contributed by atoms with Crippen LogP contribution in [0.25, 0.3) is 17.1 Å². The molecule has 1 aliphatic heterocycles. The summed E-state index contributed by atoms with van der Waals surface area (Å²) in [6.07, 6.45) is 4.91. The van der Waals surface area contributed by atoms with Crippen molar-refractivity contribution in [2.75, 3.05) is 18.0 Å². The van der Waals surface area contributed by atoms with Gasteiger partial charge in [0, 0.05) is 42.8 Å². The molecule has 2 amide bonds. The lowest BCUT2D eigenvalue weighted by Gasteiger charge is -2.15. The molecule has 1 atom stereocenters. The Morgan fingerprint density at radius 3 is 2.56 bits per heavy atom. The van der Waals surface area contributed by atoms with Gasteiger partial charge >= 0.3 is 6.09 Å². The maximum absolute atomic E-state index is 14.8. The van der Waals surface area contributed by atoms with E-state index in [4.69, 9.17) is 4.74 Å². The second kappa shape index (κ2) is 8.53. The van der Waals surface area contributed by atoms with Crippen LogP contribution in [0.15, 0.2) is 43.0 Å². The zero-order chi connectivity index (χ0) is 22.8. The monoisotopic (exact) mass is 441 g/mol. The third-order valence-corrected chi connectivity index (χ3v) is 4.80. The van der Waals surface area contributed by atoms with Crippen molar-refractivity contribution in [3.05, 3.63) is 60.2 Å². The average Bonchev–Trinajstić information content (AvgIpc) is 3.39. The van der Waals surface area contributed by atoms with Crippen molar-refractivity contribution in [1.82, 2.24) is 19.9 Å². The van der Waals surface area contributed by atoms with E-state index < -0.39 is 23.8 Å². The molecule has 0 unspecified atom stereocenters. The Morgan fingerprint density at radius 1 is 1.28 bits per heavy atom. The Hall–Kier alpha value is -4.15. The van der Waals surface area contributed by atoms with Gasteiger partial charge in [0.25, 0.3) is 0 Å².